The summed E-state index contributed by atoms with van der Waals surface area (Å²) < 4.78 is 5.47. The van der Waals surface area contributed by atoms with Crippen molar-refractivity contribution in [1.29, 1.82) is 0 Å². The average molecular weight is 251 g/mol. The minimum Gasteiger partial charge on any atom is -0.456 e. The normalized spacial score (nSPS) is 10.3. The number of ether oxygens (including phenoxy) is 1. The molecule has 1 radical (unpaired) electrons. The van der Waals surface area contributed by atoms with Crippen LogP contribution >= 0.6 is 0 Å². The highest BCUT2D eigenvalue weighted by molar-refractivity contribution is 5.26. The number of hydrogen-bond acceptors (Lipinski definition) is 4. The zero-order valence-corrected chi connectivity index (χ0v) is 10.1. The minimum absolute atomic E-state index is 0.251. The lowest BCUT2D eigenvalue weighted by molar-refractivity contribution is 0.280. The van der Waals surface area contributed by atoms with Gasteiger partial charge in [0.15, 0.2) is 0 Å². The Morgan fingerprint density at radius 3 is 2.68 bits per heavy atom. The Morgan fingerprint density at radius 2 is 1.89 bits per heavy atom. The molecule has 0 saturated carbocycles. The van der Waals surface area contributed by atoms with Crippen molar-refractivity contribution in [2.24, 2.45) is 0 Å². The number of nitrogens with zero attached hydrogens (tertiary/aromatic N) is 4. The molecule has 0 spiro atoms. The van der Waals surface area contributed by atoms with E-state index in [1.165, 1.54) is 4.80 Å². The zero-order valence-electron chi connectivity index (χ0n) is 10.1. The third-order valence-electron chi connectivity index (χ3n) is 2.51. The van der Waals surface area contributed by atoms with Gasteiger partial charge in [-0.3, -0.25) is 0 Å². The van der Waals surface area contributed by atoms with Gasteiger partial charge in [-0.15, -0.1) is 4.80 Å². The Morgan fingerprint density at radius 1 is 1.05 bits per heavy atom. The first kappa shape index (κ1) is 11.4. The summed E-state index contributed by atoms with van der Waals surface area (Å²) in [6, 6.07) is 20.5. The topological polar surface area (TPSA) is 52.8 Å². The Labute approximate surface area is 110 Å². The first-order chi connectivity index (χ1) is 9.42. The lowest BCUT2D eigenvalue weighted by atomic mass is 10.2. The third-order valence-corrected chi connectivity index (χ3v) is 2.51. The molecule has 3 aromatic rings. The molecule has 0 aliphatic heterocycles. The smallest absolute Gasteiger partial charge is 0.356 e. The van der Waals surface area contributed by atoms with Gasteiger partial charge in [-0.05, 0) is 16.8 Å². The van der Waals surface area contributed by atoms with Gasteiger partial charge < -0.3 is 4.74 Å². The van der Waals surface area contributed by atoms with Crippen molar-refractivity contribution in [3.05, 3.63) is 66.2 Å². The number of benzene rings is 2. The van der Waals surface area contributed by atoms with E-state index >= 15 is 0 Å². The molecule has 0 fully saturated rings. The van der Waals surface area contributed by atoms with Crippen molar-refractivity contribution in [2.45, 2.75) is 6.61 Å². The van der Waals surface area contributed by atoms with E-state index in [0.29, 0.717) is 6.61 Å². The van der Waals surface area contributed by atoms with Crippen LogP contribution in [0.2, 0.25) is 0 Å². The van der Waals surface area contributed by atoms with Crippen LogP contribution in [0.3, 0.4) is 0 Å². The molecule has 2 aromatic carbocycles. The summed E-state index contributed by atoms with van der Waals surface area (Å²) in [6.07, 6.45) is 0. The van der Waals surface area contributed by atoms with Crippen molar-refractivity contribution >= 4 is 0 Å². The van der Waals surface area contributed by atoms with Gasteiger partial charge in [0.05, 0.1) is 5.69 Å². The molecule has 19 heavy (non-hydrogen) atoms. The summed E-state index contributed by atoms with van der Waals surface area (Å²) in [7, 11) is 0. The van der Waals surface area contributed by atoms with Crippen LogP contribution in [-0.4, -0.2) is 20.2 Å². The summed E-state index contributed by atoms with van der Waals surface area (Å²) in [4.78, 5) is 1.39. The maximum atomic E-state index is 5.47. The van der Waals surface area contributed by atoms with Crippen molar-refractivity contribution in [2.75, 3.05) is 0 Å². The van der Waals surface area contributed by atoms with Gasteiger partial charge in [-0.1, -0.05) is 58.7 Å². The monoisotopic (exact) mass is 251 g/mol. The Kier molecular flexibility index (Phi) is 3.18. The number of hydrogen-bond donors (Lipinski definition) is 0. The molecule has 0 bridgehead atoms. The molecule has 5 nitrogen and oxygen atoms in total. The molecular formula is C14H11N4O. The molecule has 93 valence electrons. The third kappa shape index (κ3) is 2.77. The van der Waals surface area contributed by atoms with E-state index in [9.17, 15) is 0 Å². The van der Waals surface area contributed by atoms with Crippen LogP contribution in [-0.2, 0) is 6.61 Å². The maximum absolute atomic E-state index is 5.47. The lowest BCUT2D eigenvalue weighted by Crippen LogP contribution is -2.00. The fraction of sp³-hybridized carbons (Fsp3) is 0.0714. The first-order valence-electron chi connectivity index (χ1n) is 5.86. The second-order valence-corrected chi connectivity index (χ2v) is 3.88. The van der Waals surface area contributed by atoms with Crippen LogP contribution in [0.4, 0.5) is 0 Å². The fourth-order valence-corrected chi connectivity index (χ4v) is 1.59. The highest BCUT2D eigenvalue weighted by Crippen LogP contribution is 2.07. The van der Waals surface area contributed by atoms with Crippen LogP contribution in [0.25, 0.3) is 5.69 Å². The van der Waals surface area contributed by atoms with Gasteiger partial charge in [-0.2, -0.15) is 0 Å². The maximum Gasteiger partial charge on any atom is 0.356 e. The largest absolute Gasteiger partial charge is 0.456 e. The molecule has 1 heterocycles. The predicted octanol–water partition coefficient (Wildman–Crippen LogP) is 2.04. The SMILES string of the molecule is [c]1ccccc1-n1nnc(OCc2ccccc2)n1. The Bertz CT molecular complexity index is 637. The van der Waals surface area contributed by atoms with Gasteiger partial charge in [-0.25, -0.2) is 0 Å². The van der Waals surface area contributed by atoms with E-state index < -0.39 is 0 Å². The molecule has 1 aromatic heterocycles. The second-order valence-electron chi connectivity index (χ2n) is 3.88. The van der Waals surface area contributed by atoms with Gasteiger partial charge in [0.2, 0.25) is 0 Å². The molecule has 0 saturated heterocycles. The second kappa shape index (κ2) is 5.30. The molecule has 0 unspecified atom stereocenters. The van der Waals surface area contributed by atoms with E-state index in [-0.39, 0.29) is 6.01 Å². The van der Waals surface area contributed by atoms with Crippen LogP contribution in [0.5, 0.6) is 6.01 Å². The summed E-state index contributed by atoms with van der Waals surface area (Å²) >= 11 is 0. The highest BCUT2D eigenvalue weighted by Gasteiger charge is 2.05. The van der Waals surface area contributed by atoms with Crippen molar-refractivity contribution in [3.63, 3.8) is 0 Å². The predicted molar refractivity (Wildman–Crippen MR) is 68.8 cm³/mol. The van der Waals surface area contributed by atoms with Gasteiger partial charge in [0.25, 0.3) is 0 Å². The quantitative estimate of drug-likeness (QED) is 0.712. The number of tetrazole rings is 1. The van der Waals surface area contributed by atoms with E-state index in [1.807, 2.05) is 48.5 Å². The van der Waals surface area contributed by atoms with E-state index in [0.717, 1.165) is 11.3 Å². The highest BCUT2D eigenvalue weighted by atomic mass is 16.5. The summed E-state index contributed by atoms with van der Waals surface area (Å²) in [5, 5.41) is 11.9. The van der Waals surface area contributed by atoms with Gasteiger partial charge in [0.1, 0.15) is 6.61 Å². The Hall–Kier alpha value is -2.69. The Balaban J connectivity index is 1.69. The number of para-hydroxylation sites is 1. The summed E-state index contributed by atoms with van der Waals surface area (Å²) in [6.45, 7) is 0.422. The van der Waals surface area contributed by atoms with Gasteiger partial charge >= 0.3 is 6.01 Å². The van der Waals surface area contributed by atoms with Gasteiger partial charge in [0, 0.05) is 6.07 Å². The van der Waals surface area contributed by atoms with Crippen molar-refractivity contribution in [3.8, 4) is 11.7 Å². The van der Waals surface area contributed by atoms with Crippen LogP contribution in [0, 0.1) is 6.07 Å². The van der Waals surface area contributed by atoms with Crippen LogP contribution < -0.4 is 4.74 Å². The molecular weight excluding hydrogens is 240 g/mol. The zero-order chi connectivity index (χ0) is 12.9. The van der Waals surface area contributed by atoms with Crippen LogP contribution in [0.1, 0.15) is 5.56 Å². The first-order valence-corrected chi connectivity index (χ1v) is 5.86. The number of aromatic nitrogens is 4. The summed E-state index contributed by atoms with van der Waals surface area (Å²) in [5.41, 5.74) is 1.79. The minimum atomic E-state index is 0.251. The number of rotatable bonds is 4. The van der Waals surface area contributed by atoms with Crippen molar-refractivity contribution < 1.29 is 4.74 Å². The van der Waals surface area contributed by atoms with E-state index in [1.54, 1.807) is 6.07 Å². The van der Waals surface area contributed by atoms with Crippen molar-refractivity contribution in [1.82, 2.24) is 20.2 Å². The molecule has 3 rings (SSSR count). The standard InChI is InChI=1S/C14H11N4O/c1-3-7-12(8-4-1)11-19-14-15-17-18(16-14)13-9-5-2-6-10-13/h1-9H,11H2. The molecule has 5 heteroatoms. The molecule has 0 aliphatic rings. The average Bonchev–Trinajstić information content (AvgIpc) is 2.96. The molecule has 0 N–H and O–H groups in total. The molecule has 0 amide bonds. The molecule has 0 atom stereocenters. The summed E-state index contributed by atoms with van der Waals surface area (Å²) in [5.74, 6) is 0. The van der Waals surface area contributed by atoms with E-state index in [4.69, 9.17) is 4.74 Å². The molecule has 0 aliphatic carbocycles. The van der Waals surface area contributed by atoms with Crippen LogP contribution in [0.15, 0.2) is 54.6 Å². The lowest BCUT2D eigenvalue weighted by Gasteiger charge is -2.00. The van der Waals surface area contributed by atoms with E-state index in [2.05, 4.69) is 21.5 Å². The fourth-order valence-electron chi connectivity index (χ4n) is 1.59.